The first-order valence-electron chi connectivity index (χ1n) is 5.36. The molecule has 1 fully saturated rings. The van der Waals surface area contributed by atoms with Gasteiger partial charge in [-0.25, -0.2) is 0 Å². The molecule has 0 aromatic rings. The zero-order valence-corrected chi connectivity index (χ0v) is 15.3. The maximum Gasteiger partial charge on any atom is 0 e. The van der Waals surface area contributed by atoms with Crippen molar-refractivity contribution in [1.29, 1.82) is 5.46 Å². The first-order valence-corrected chi connectivity index (χ1v) is 7.38. The van der Waals surface area contributed by atoms with Crippen molar-refractivity contribution < 1.29 is 56.3 Å². The Bertz CT molecular complexity index is 327. The van der Waals surface area contributed by atoms with Crippen molar-refractivity contribution >= 4 is 7.81 Å². The van der Waals surface area contributed by atoms with Gasteiger partial charge in [-0.05, 0) is 29.6 Å². The Morgan fingerprint density at radius 1 is 0.583 bits per heavy atom. The van der Waals surface area contributed by atoms with E-state index in [9.17, 15) is 25.2 Å². The standard InChI is InChI=1S/C10H15.2CO.F6P.Mn.NO/c1-6-7(2)9(4)10(5)8(6)3;2*1-2;1-7(2,3,4,5)6;;1-2/h1-5H3;;;;;/q;;;-1;;+1. The van der Waals surface area contributed by atoms with E-state index in [1.807, 2.05) is 0 Å². The summed E-state index contributed by atoms with van der Waals surface area (Å²) in [6, 6.07) is 0. The normalized spacial score (nSPS) is 18.9. The molecule has 1 saturated carbocycles. The number of hydrogen-bond donors (Lipinski definition) is 0. The summed E-state index contributed by atoms with van der Waals surface area (Å²) in [7, 11) is -10.7. The maximum absolute atomic E-state index is 10.7. The summed E-state index contributed by atoms with van der Waals surface area (Å²) in [5.41, 5.74) is 5.75. The molecule has 6 radical (unpaired) electrons. The van der Waals surface area contributed by atoms with E-state index in [0.717, 1.165) is 0 Å². The quantitative estimate of drug-likeness (QED) is 0.151. The van der Waals surface area contributed by atoms with Gasteiger partial charge in [-0.1, -0.05) is 34.6 Å². The van der Waals surface area contributed by atoms with E-state index < -0.39 is 7.81 Å². The number of nitrogens with zero attached hydrogens (tertiary/aromatic N) is 1. The van der Waals surface area contributed by atoms with Gasteiger partial charge in [0, 0.05) is 17.1 Å². The van der Waals surface area contributed by atoms with E-state index in [2.05, 4.69) is 47.9 Å². The zero-order chi connectivity index (χ0) is 20.3. The first kappa shape index (κ1) is 34.9. The van der Waals surface area contributed by atoms with Gasteiger partial charge in [-0.15, -0.1) is 0 Å². The Labute approximate surface area is 147 Å². The minimum atomic E-state index is -10.7. The van der Waals surface area contributed by atoms with E-state index in [4.69, 9.17) is 19.5 Å². The van der Waals surface area contributed by atoms with Gasteiger partial charge >= 0.3 is 65.8 Å². The number of rotatable bonds is 0. The second-order valence-electron chi connectivity index (χ2n) is 4.08. The molecule has 0 unspecified atom stereocenters. The first-order chi connectivity index (χ1) is 10.0. The SMILES string of the molecule is C[C]1[C](C)[C](C)[C](C)[C]1C.F[P-](F)(F)(F)(F)F.N#[O+].[C-]#[O+].[C-]#[O+].[Mn]. The molecule has 0 bridgehead atoms. The van der Waals surface area contributed by atoms with Crippen molar-refractivity contribution in [3.63, 3.8) is 0 Å². The van der Waals surface area contributed by atoms with Crippen molar-refractivity contribution in [2.24, 2.45) is 0 Å². The molecule has 140 valence electrons. The second kappa shape index (κ2) is 12.1. The topological polar surface area (TPSA) is 83.5 Å². The third-order valence-corrected chi connectivity index (χ3v) is 2.81. The van der Waals surface area contributed by atoms with Crippen LogP contribution in [-0.2, 0) is 31.1 Å². The molecule has 0 N–H and O–H groups in total. The molecule has 1 aliphatic carbocycles. The van der Waals surface area contributed by atoms with Crippen molar-refractivity contribution in [1.82, 2.24) is 0 Å². The van der Waals surface area contributed by atoms with E-state index in [-0.39, 0.29) is 17.1 Å². The molecule has 1 rings (SSSR count). The second-order valence-corrected chi connectivity index (χ2v) is 6.00. The van der Waals surface area contributed by atoms with Gasteiger partial charge in [-0.2, -0.15) is 0 Å². The van der Waals surface area contributed by atoms with Crippen LogP contribution in [0.1, 0.15) is 34.6 Å². The average molecular weight is 421 g/mol. The van der Waals surface area contributed by atoms with Crippen LogP contribution in [0, 0.1) is 48.4 Å². The zero-order valence-electron chi connectivity index (χ0n) is 13.3. The van der Waals surface area contributed by atoms with E-state index in [1.54, 1.807) is 0 Å². The Hall–Kier alpha value is -0.321. The molecular formula is C12H15F6MnNO3P. The molecule has 1 aliphatic rings. The van der Waals surface area contributed by atoms with Crippen LogP contribution in [0.15, 0.2) is 0 Å². The van der Waals surface area contributed by atoms with Crippen LogP contribution >= 0.6 is 7.81 Å². The predicted molar refractivity (Wildman–Crippen MR) is 68.4 cm³/mol. The van der Waals surface area contributed by atoms with Crippen LogP contribution in [0.2, 0.25) is 0 Å². The third-order valence-electron chi connectivity index (χ3n) is 2.81. The van der Waals surface area contributed by atoms with Gasteiger partial charge in [-0.3, -0.25) is 0 Å². The summed E-state index contributed by atoms with van der Waals surface area (Å²) in [6.07, 6.45) is 0. The van der Waals surface area contributed by atoms with Gasteiger partial charge in [0.1, 0.15) is 0 Å². The molecule has 4 nitrogen and oxygen atoms in total. The van der Waals surface area contributed by atoms with E-state index in [0.29, 0.717) is 0 Å². The molecule has 24 heavy (non-hydrogen) atoms. The van der Waals surface area contributed by atoms with Crippen LogP contribution in [0.4, 0.5) is 25.2 Å². The summed E-state index contributed by atoms with van der Waals surface area (Å²) in [4.78, 5) is 0. The van der Waals surface area contributed by atoms with Crippen molar-refractivity contribution in [3.05, 3.63) is 42.9 Å². The number of halogens is 6. The Morgan fingerprint density at radius 2 is 0.625 bits per heavy atom. The third kappa shape index (κ3) is 23.9. The molecule has 0 amide bonds. The summed E-state index contributed by atoms with van der Waals surface area (Å²) in [5, 5.41) is 0. The number of hydrogen-bond acceptors (Lipinski definition) is 1. The molecule has 0 aliphatic heterocycles. The van der Waals surface area contributed by atoms with Gasteiger partial charge in [0.05, 0.1) is 0 Å². The smallest absolute Gasteiger partial charge is 0 e. The Kier molecular flexibility index (Phi) is 17.6. The van der Waals surface area contributed by atoms with Crippen molar-refractivity contribution in [3.8, 4) is 0 Å². The average Bonchev–Trinajstić information content (AvgIpc) is 2.60. The van der Waals surface area contributed by atoms with Gasteiger partial charge in [0.15, 0.2) is 0 Å². The van der Waals surface area contributed by atoms with Gasteiger partial charge < -0.3 is 0 Å². The molecule has 0 saturated heterocycles. The predicted octanol–water partition coefficient (Wildman–Crippen LogP) is 6.17. The largest absolute Gasteiger partial charge is 0 e. The maximum atomic E-state index is 9.87. The van der Waals surface area contributed by atoms with Crippen LogP contribution in [-0.4, -0.2) is 0 Å². The fourth-order valence-electron chi connectivity index (χ4n) is 1.41. The van der Waals surface area contributed by atoms with Crippen LogP contribution in [0.5, 0.6) is 0 Å². The molecule has 0 aromatic heterocycles. The minimum absolute atomic E-state index is 0. The van der Waals surface area contributed by atoms with E-state index in [1.165, 1.54) is 29.6 Å². The molecule has 0 spiro atoms. The summed E-state index contributed by atoms with van der Waals surface area (Å²) in [6.45, 7) is 20.0. The fraction of sp³-hybridized carbons (Fsp3) is 0.417. The van der Waals surface area contributed by atoms with Crippen LogP contribution in [0.3, 0.4) is 0 Å². The minimum Gasteiger partial charge on any atom is 0 e. The van der Waals surface area contributed by atoms with Gasteiger partial charge in [0.25, 0.3) is 0 Å². The summed E-state index contributed by atoms with van der Waals surface area (Å²) < 4.78 is 81.4. The Balaban J connectivity index is -0.0000000762. The molecule has 0 aromatic carbocycles. The molecule has 12 heteroatoms. The molecular weight excluding hydrogens is 406 g/mol. The van der Waals surface area contributed by atoms with Gasteiger partial charge in [0.2, 0.25) is 0 Å². The van der Waals surface area contributed by atoms with Crippen LogP contribution in [0.25, 0.3) is 0 Å². The van der Waals surface area contributed by atoms with Crippen molar-refractivity contribution in [2.75, 3.05) is 0 Å². The Morgan fingerprint density at radius 3 is 0.667 bits per heavy atom. The van der Waals surface area contributed by atoms with E-state index >= 15 is 0 Å². The van der Waals surface area contributed by atoms with Crippen LogP contribution < -0.4 is 0 Å². The van der Waals surface area contributed by atoms with Crippen molar-refractivity contribution in [2.45, 2.75) is 34.6 Å². The molecule has 0 atom stereocenters. The fourth-order valence-corrected chi connectivity index (χ4v) is 1.41. The summed E-state index contributed by atoms with van der Waals surface area (Å²) >= 11 is 0. The summed E-state index contributed by atoms with van der Waals surface area (Å²) in [5.74, 6) is 7.34. The molecule has 0 heterocycles. The monoisotopic (exact) mass is 421 g/mol.